The summed E-state index contributed by atoms with van der Waals surface area (Å²) in [6.45, 7) is 1.65. The number of allylic oxidation sites excluding steroid dienone is 1. The topological polar surface area (TPSA) is 74.6 Å². The molecule has 2 atom stereocenters. The van der Waals surface area contributed by atoms with Crippen LogP contribution in [0.3, 0.4) is 0 Å². The van der Waals surface area contributed by atoms with Crippen LogP contribution in [0, 0.1) is 16.7 Å². The summed E-state index contributed by atoms with van der Waals surface area (Å²) in [7, 11) is 0. The monoisotopic (exact) mass is 330 g/mol. The van der Waals surface area contributed by atoms with Gasteiger partial charge in [0.25, 0.3) is 0 Å². The zero-order valence-electron chi connectivity index (χ0n) is 11.0. The number of carbonyl (C=O) groups is 2. The Morgan fingerprint density at radius 1 is 1.26 bits per heavy atom. The van der Waals surface area contributed by atoms with E-state index in [0.717, 1.165) is 25.7 Å². The van der Waals surface area contributed by atoms with Crippen molar-refractivity contribution in [3.05, 3.63) is 10.6 Å². The number of halogens is 1. The number of rotatable bonds is 3. The zero-order valence-corrected chi connectivity index (χ0v) is 12.6. The van der Waals surface area contributed by atoms with Crippen LogP contribution in [0.5, 0.6) is 0 Å². The second-order valence-electron chi connectivity index (χ2n) is 6.06. The standard InChI is InChI=1S/C14H19BrO4/c1-13(11(16)17)7-6-10(15)14(8-13,12(18)19)9-4-2-3-5-9/h6,9H,2-5,7-8H2,1H3,(H,16,17)(H,18,19). The van der Waals surface area contributed by atoms with Gasteiger partial charge in [-0.2, -0.15) is 0 Å². The predicted molar refractivity (Wildman–Crippen MR) is 74.0 cm³/mol. The Kier molecular flexibility index (Phi) is 3.78. The molecular formula is C14H19BrO4. The maximum absolute atomic E-state index is 11.9. The minimum Gasteiger partial charge on any atom is -0.481 e. The summed E-state index contributed by atoms with van der Waals surface area (Å²) in [4.78, 5) is 23.4. The maximum Gasteiger partial charge on any atom is 0.314 e. The van der Waals surface area contributed by atoms with Gasteiger partial charge in [0.1, 0.15) is 5.41 Å². The number of carboxylic acids is 2. The molecule has 2 N–H and O–H groups in total. The van der Waals surface area contributed by atoms with Gasteiger partial charge >= 0.3 is 11.9 Å². The SMILES string of the molecule is CC1(C(=O)O)CC=C(Br)C(C(=O)O)(C2CCCC2)C1. The fraction of sp³-hybridized carbons (Fsp3) is 0.714. The first-order valence-corrected chi connectivity index (χ1v) is 7.45. The Hall–Kier alpha value is -0.840. The van der Waals surface area contributed by atoms with Gasteiger partial charge < -0.3 is 10.2 Å². The van der Waals surface area contributed by atoms with Crippen molar-refractivity contribution in [1.82, 2.24) is 0 Å². The van der Waals surface area contributed by atoms with Gasteiger partial charge in [0.05, 0.1) is 5.41 Å². The Bertz CT molecular complexity index is 439. The molecule has 0 bridgehead atoms. The quantitative estimate of drug-likeness (QED) is 0.831. The smallest absolute Gasteiger partial charge is 0.314 e. The molecule has 4 nitrogen and oxygen atoms in total. The molecule has 2 aliphatic carbocycles. The Morgan fingerprint density at radius 3 is 2.32 bits per heavy atom. The molecule has 2 rings (SSSR count). The highest BCUT2D eigenvalue weighted by atomic mass is 79.9. The fourth-order valence-corrected chi connectivity index (χ4v) is 4.34. The molecular weight excluding hydrogens is 312 g/mol. The van der Waals surface area contributed by atoms with Crippen molar-refractivity contribution in [2.75, 3.05) is 0 Å². The summed E-state index contributed by atoms with van der Waals surface area (Å²) >= 11 is 3.41. The number of hydrogen-bond acceptors (Lipinski definition) is 2. The molecule has 0 aromatic heterocycles. The molecule has 2 unspecified atom stereocenters. The summed E-state index contributed by atoms with van der Waals surface area (Å²) in [5, 5.41) is 19.2. The molecule has 2 aliphatic rings. The normalized spacial score (nSPS) is 36.0. The molecule has 19 heavy (non-hydrogen) atoms. The Balaban J connectivity index is 2.46. The zero-order chi connectivity index (χ0) is 14.3. The number of carboxylic acid groups (broad SMARTS) is 2. The van der Waals surface area contributed by atoms with Crippen LogP contribution in [0.15, 0.2) is 10.6 Å². The lowest BCUT2D eigenvalue weighted by Gasteiger charge is -2.43. The lowest BCUT2D eigenvalue weighted by Crippen LogP contribution is -2.47. The minimum absolute atomic E-state index is 0.0367. The first-order valence-electron chi connectivity index (χ1n) is 6.66. The molecule has 0 aromatic rings. The van der Waals surface area contributed by atoms with Crippen LogP contribution in [-0.4, -0.2) is 22.2 Å². The van der Waals surface area contributed by atoms with Crippen LogP contribution in [-0.2, 0) is 9.59 Å². The van der Waals surface area contributed by atoms with E-state index in [1.165, 1.54) is 0 Å². The first-order chi connectivity index (χ1) is 8.83. The third kappa shape index (κ3) is 2.22. The van der Waals surface area contributed by atoms with Crippen LogP contribution >= 0.6 is 15.9 Å². The largest absolute Gasteiger partial charge is 0.481 e. The van der Waals surface area contributed by atoms with Crippen molar-refractivity contribution >= 4 is 27.9 Å². The molecule has 106 valence electrons. The van der Waals surface area contributed by atoms with E-state index < -0.39 is 22.8 Å². The molecule has 0 saturated heterocycles. The molecule has 0 amide bonds. The van der Waals surface area contributed by atoms with E-state index >= 15 is 0 Å². The van der Waals surface area contributed by atoms with Crippen LogP contribution in [0.1, 0.15) is 45.4 Å². The van der Waals surface area contributed by atoms with E-state index in [0.29, 0.717) is 10.9 Å². The third-order valence-corrected chi connectivity index (χ3v) is 5.81. The van der Waals surface area contributed by atoms with Crippen molar-refractivity contribution in [1.29, 1.82) is 0 Å². The van der Waals surface area contributed by atoms with Crippen LogP contribution in [0.4, 0.5) is 0 Å². The van der Waals surface area contributed by atoms with E-state index in [4.69, 9.17) is 0 Å². The lowest BCUT2D eigenvalue weighted by atomic mass is 9.60. The fourth-order valence-electron chi connectivity index (χ4n) is 3.54. The summed E-state index contributed by atoms with van der Waals surface area (Å²) in [6, 6.07) is 0. The van der Waals surface area contributed by atoms with Gasteiger partial charge in [-0.1, -0.05) is 34.8 Å². The van der Waals surface area contributed by atoms with E-state index in [-0.39, 0.29) is 12.3 Å². The molecule has 0 aliphatic heterocycles. The Labute approximate surface area is 121 Å². The summed E-state index contributed by atoms with van der Waals surface area (Å²) < 4.78 is 0.665. The van der Waals surface area contributed by atoms with Crippen molar-refractivity contribution in [2.24, 2.45) is 16.7 Å². The van der Waals surface area contributed by atoms with E-state index in [9.17, 15) is 19.8 Å². The molecule has 1 saturated carbocycles. The number of aliphatic carboxylic acids is 2. The molecule has 1 fully saturated rings. The van der Waals surface area contributed by atoms with Crippen LogP contribution in [0.25, 0.3) is 0 Å². The van der Waals surface area contributed by atoms with E-state index in [2.05, 4.69) is 15.9 Å². The van der Waals surface area contributed by atoms with Crippen molar-refractivity contribution in [2.45, 2.75) is 45.4 Å². The third-order valence-electron chi connectivity index (χ3n) is 4.78. The van der Waals surface area contributed by atoms with Crippen molar-refractivity contribution in [3.8, 4) is 0 Å². The van der Waals surface area contributed by atoms with Crippen LogP contribution in [0.2, 0.25) is 0 Å². The van der Waals surface area contributed by atoms with Gasteiger partial charge in [0, 0.05) is 4.48 Å². The average molecular weight is 331 g/mol. The molecule has 0 spiro atoms. The first kappa shape index (κ1) is 14.6. The average Bonchev–Trinajstić information content (AvgIpc) is 2.86. The minimum atomic E-state index is -1.05. The highest BCUT2D eigenvalue weighted by Gasteiger charge is 2.56. The lowest BCUT2D eigenvalue weighted by molar-refractivity contribution is -0.158. The van der Waals surface area contributed by atoms with Gasteiger partial charge in [0.2, 0.25) is 0 Å². The predicted octanol–water partition coefficient (Wildman–Crippen LogP) is 3.41. The van der Waals surface area contributed by atoms with E-state index in [1.807, 2.05) is 0 Å². The van der Waals surface area contributed by atoms with Crippen molar-refractivity contribution in [3.63, 3.8) is 0 Å². The summed E-state index contributed by atoms with van der Waals surface area (Å²) in [5.41, 5.74) is -2.04. The summed E-state index contributed by atoms with van der Waals surface area (Å²) in [6.07, 6.45) is 6.10. The Morgan fingerprint density at radius 2 is 1.84 bits per heavy atom. The van der Waals surface area contributed by atoms with Crippen LogP contribution < -0.4 is 0 Å². The highest BCUT2D eigenvalue weighted by Crippen LogP contribution is 2.56. The van der Waals surface area contributed by atoms with E-state index in [1.54, 1.807) is 13.0 Å². The summed E-state index contributed by atoms with van der Waals surface area (Å²) in [5.74, 6) is -1.77. The van der Waals surface area contributed by atoms with Gasteiger partial charge in [-0.3, -0.25) is 9.59 Å². The molecule has 0 heterocycles. The molecule has 5 heteroatoms. The second-order valence-corrected chi connectivity index (χ2v) is 6.91. The molecule has 0 aromatic carbocycles. The number of hydrogen-bond donors (Lipinski definition) is 2. The molecule has 0 radical (unpaired) electrons. The second kappa shape index (κ2) is 4.93. The van der Waals surface area contributed by atoms with Gasteiger partial charge in [-0.05, 0) is 38.5 Å². The van der Waals surface area contributed by atoms with Gasteiger partial charge in [-0.25, -0.2) is 0 Å². The van der Waals surface area contributed by atoms with Crippen molar-refractivity contribution < 1.29 is 19.8 Å². The van der Waals surface area contributed by atoms with Gasteiger partial charge in [0.15, 0.2) is 0 Å². The maximum atomic E-state index is 11.9. The van der Waals surface area contributed by atoms with Gasteiger partial charge in [-0.15, -0.1) is 0 Å². The highest BCUT2D eigenvalue weighted by molar-refractivity contribution is 9.11.